The molecule has 0 bridgehead atoms. The van der Waals surface area contributed by atoms with Crippen molar-refractivity contribution < 1.29 is 40.8 Å². The van der Waals surface area contributed by atoms with E-state index in [9.17, 15) is 35.9 Å². The number of hydrogen-bond acceptors (Lipinski definition) is 4. The van der Waals surface area contributed by atoms with Crippen LogP contribution in [0.25, 0.3) is 0 Å². The van der Waals surface area contributed by atoms with Crippen LogP contribution < -0.4 is 10.6 Å². The molecular formula is C24H19Cl2F6N3O3. The van der Waals surface area contributed by atoms with Crippen LogP contribution in [0.15, 0.2) is 41.6 Å². The first kappa shape index (κ1) is 28.0. The van der Waals surface area contributed by atoms with Gasteiger partial charge < -0.3 is 15.5 Å². The van der Waals surface area contributed by atoms with Crippen LogP contribution in [0, 0.1) is 6.92 Å². The Bertz CT molecular complexity index is 1300. The Kier molecular flexibility index (Phi) is 7.11. The van der Waals surface area contributed by atoms with Gasteiger partial charge in [0.05, 0.1) is 12.3 Å². The van der Waals surface area contributed by atoms with Gasteiger partial charge in [0.1, 0.15) is 5.54 Å². The van der Waals surface area contributed by atoms with Crippen LogP contribution in [0.5, 0.6) is 0 Å². The standard InChI is InChI=1S/C24H19Cl2F6N3O3/c1-12-6-13(2-3-17(12)20(37)33-11-19(36)34-21(4-5-21)23(27,28)29)18-10-22(38-35-18,24(30,31)32)14-7-15(25)9-16(26)8-14/h2-3,6-9H,4-5,10-11H2,1H3,(H,33,37)(H,34,36)/t22-/m1/s1. The first-order valence-corrected chi connectivity index (χ1v) is 11.9. The maximum absolute atomic E-state index is 14.2. The Labute approximate surface area is 222 Å². The van der Waals surface area contributed by atoms with Gasteiger partial charge in [-0.25, -0.2) is 0 Å². The summed E-state index contributed by atoms with van der Waals surface area (Å²) in [7, 11) is 0. The quantitative estimate of drug-likeness (QED) is 0.422. The second kappa shape index (κ2) is 9.64. The number of carbonyl (C=O) groups excluding carboxylic acids is 2. The number of amides is 2. The molecule has 204 valence electrons. The molecule has 0 unspecified atom stereocenters. The lowest BCUT2D eigenvalue weighted by molar-refractivity contribution is -0.275. The molecule has 4 rings (SSSR count). The summed E-state index contributed by atoms with van der Waals surface area (Å²) in [5, 5.41) is 7.78. The molecule has 14 heteroatoms. The second-order valence-electron chi connectivity index (χ2n) is 9.13. The van der Waals surface area contributed by atoms with E-state index in [1.54, 1.807) is 0 Å². The third kappa shape index (κ3) is 5.28. The van der Waals surface area contributed by atoms with Gasteiger partial charge in [-0.2, -0.15) is 26.3 Å². The Morgan fingerprint density at radius 1 is 1.00 bits per heavy atom. The van der Waals surface area contributed by atoms with E-state index >= 15 is 0 Å². The number of carbonyl (C=O) groups is 2. The summed E-state index contributed by atoms with van der Waals surface area (Å²) in [6.45, 7) is 0.820. The van der Waals surface area contributed by atoms with E-state index in [1.165, 1.54) is 31.2 Å². The normalized spacial score (nSPS) is 20.4. The zero-order chi connectivity index (χ0) is 28.1. The Hall–Kier alpha value is -2.99. The largest absolute Gasteiger partial charge is 0.435 e. The summed E-state index contributed by atoms with van der Waals surface area (Å²) in [4.78, 5) is 29.4. The van der Waals surface area contributed by atoms with E-state index in [4.69, 9.17) is 28.0 Å². The minimum absolute atomic E-state index is 0.0150. The summed E-state index contributed by atoms with van der Waals surface area (Å²) in [5.74, 6) is -1.74. The van der Waals surface area contributed by atoms with Crippen molar-refractivity contribution in [2.75, 3.05) is 6.54 Å². The first-order chi connectivity index (χ1) is 17.6. The Morgan fingerprint density at radius 2 is 1.63 bits per heavy atom. The van der Waals surface area contributed by atoms with Gasteiger partial charge in [0.15, 0.2) is 0 Å². The van der Waals surface area contributed by atoms with Crippen LogP contribution >= 0.6 is 23.2 Å². The molecule has 0 spiro atoms. The van der Waals surface area contributed by atoms with Gasteiger partial charge in [-0.3, -0.25) is 9.59 Å². The highest BCUT2D eigenvalue weighted by atomic mass is 35.5. The van der Waals surface area contributed by atoms with Gasteiger partial charge in [-0.15, -0.1) is 0 Å². The number of hydrogen-bond donors (Lipinski definition) is 2. The van der Waals surface area contributed by atoms with Gasteiger partial charge in [0.25, 0.3) is 11.5 Å². The Morgan fingerprint density at radius 3 is 2.16 bits per heavy atom. The predicted octanol–water partition coefficient (Wildman–Crippen LogP) is 5.82. The number of aryl methyl sites for hydroxylation is 1. The van der Waals surface area contributed by atoms with Crippen molar-refractivity contribution in [3.8, 4) is 0 Å². The summed E-state index contributed by atoms with van der Waals surface area (Å²) >= 11 is 11.8. The van der Waals surface area contributed by atoms with E-state index in [0.29, 0.717) is 5.56 Å². The van der Waals surface area contributed by atoms with Crippen molar-refractivity contribution in [2.45, 2.75) is 49.7 Å². The lowest BCUT2D eigenvalue weighted by atomic mass is 9.86. The van der Waals surface area contributed by atoms with Crippen LogP contribution in [0.1, 0.15) is 46.3 Å². The zero-order valence-electron chi connectivity index (χ0n) is 19.5. The van der Waals surface area contributed by atoms with Gasteiger partial charge in [-0.1, -0.05) is 34.4 Å². The first-order valence-electron chi connectivity index (χ1n) is 11.1. The van der Waals surface area contributed by atoms with Crippen molar-refractivity contribution in [1.29, 1.82) is 0 Å². The smallest absolute Gasteiger partial charge is 0.374 e. The Balaban J connectivity index is 1.46. The van der Waals surface area contributed by atoms with Gasteiger partial charge in [-0.05, 0) is 61.2 Å². The van der Waals surface area contributed by atoms with Crippen LogP contribution in [0.4, 0.5) is 26.3 Å². The third-order valence-electron chi connectivity index (χ3n) is 6.40. The number of nitrogens with one attached hydrogen (secondary N) is 2. The van der Waals surface area contributed by atoms with Crippen molar-refractivity contribution in [1.82, 2.24) is 10.6 Å². The number of alkyl halides is 6. The predicted molar refractivity (Wildman–Crippen MR) is 126 cm³/mol. The fourth-order valence-electron chi connectivity index (χ4n) is 4.11. The van der Waals surface area contributed by atoms with Crippen LogP contribution in [0.2, 0.25) is 10.0 Å². The molecule has 0 radical (unpaired) electrons. The molecule has 1 fully saturated rings. The number of nitrogens with zero attached hydrogens (tertiary/aromatic N) is 1. The van der Waals surface area contributed by atoms with E-state index in [2.05, 4.69) is 10.5 Å². The summed E-state index contributed by atoms with van der Waals surface area (Å²) < 4.78 is 81.5. The number of oxime groups is 1. The van der Waals surface area contributed by atoms with Crippen molar-refractivity contribution in [2.24, 2.45) is 5.16 Å². The van der Waals surface area contributed by atoms with Crippen LogP contribution in [-0.4, -0.2) is 42.0 Å². The molecule has 1 atom stereocenters. The average molecular weight is 582 g/mol. The van der Waals surface area contributed by atoms with Crippen LogP contribution in [0.3, 0.4) is 0 Å². The van der Waals surface area contributed by atoms with Gasteiger partial charge in [0.2, 0.25) is 5.91 Å². The van der Waals surface area contributed by atoms with Crippen molar-refractivity contribution >= 4 is 40.7 Å². The highest BCUT2D eigenvalue weighted by molar-refractivity contribution is 6.34. The molecule has 2 aliphatic rings. The molecule has 1 saturated carbocycles. The molecule has 38 heavy (non-hydrogen) atoms. The lowest BCUT2D eigenvalue weighted by Gasteiger charge is -2.29. The summed E-state index contributed by atoms with van der Waals surface area (Å²) in [6.07, 6.45) is -10.6. The molecule has 0 saturated heterocycles. The topological polar surface area (TPSA) is 79.8 Å². The van der Waals surface area contributed by atoms with Crippen LogP contribution in [-0.2, 0) is 15.2 Å². The number of rotatable bonds is 6. The molecule has 2 aromatic carbocycles. The fourth-order valence-corrected chi connectivity index (χ4v) is 4.64. The van der Waals surface area contributed by atoms with Gasteiger partial charge in [0, 0.05) is 27.6 Å². The molecule has 2 aromatic rings. The van der Waals surface area contributed by atoms with Gasteiger partial charge >= 0.3 is 12.4 Å². The molecule has 1 aliphatic heterocycles. The van der Waals surface area contributed by atoms with Crippen molar-refractivity contribution in [3.63, 3.8) is 0 Å². The van der Waals surface area contributed by atoms with E-state index in [1.807, 2.05) is 5.32 Å². The maximum atomic E-state index is 14.2. The molecule has 1 aliphatic carbocycles. The molecule has 1 heterocycles. The molecular weight excluding hydrogens is 563 g/mol. The minimum atomic E-state index is -4.88. The SMILES string of the molecule is Cc1cc(C2=NO[C@](c3cc(Cl)cc(Cl)c3)(C(F)(F)F)C2)ccc1C(=O)NCC(=O)NC1(C(F)(F)F)CC1. The third-order valence-corrected chi connectivity index (χ3v) is 6.84. The highest BCUT2D eigenvalue weighted by Crippen LogP contribution is 2.50. The lowest BCUT2D eigenvalue weighted by Crippen LogP contribution is -2.50. The van der Waals surface area contributed by atoms with E-state index in [-0.39, 0.29) is 45.3 Å². The molecule has 0 aromatic heterocycles. The number of benzene rings is 2. The fraction of sp³-hybridized carbons (Fsp3) is 0.375. The summed E-state index contributed by atoms with van der Waals surface area (Å²) in [5.41, 5.74) is -4.81. The minimum Gasteiger partial charge on any atom is -0.374 e. The highest BCUT2D eigenvalue weighted by Gasteiger charge is 2.64. The molecule has 6 nitrogen and oxygen atoms in total. The maximum Gasteiger partial charge on any atom is 0.435 e. The van der Waals surface area contributed by atoms with Crippen molar-refractivity contribution in [3.05, 3.63) is 68.7 Å². The monoisotopic (exact) mass is 581 g/mol. The second-order valence-corrected chi connectivity index (χ2v) is 10.0. The molecule has 2 amide bonds. The summed E-state index contributed by atoms with van der Waals surface area (Å²) in [6, 6.07) is 7.54. The van der Waals surface area contributed by atoms with E-state index in [0.717, 1.165) is 12.1 Å². The van der Waals surface area contributed by atoms with E-state index < -0.39 is 48.3 Å². The average Bonchev–Trinajstić information content (AvgIpc) is 3.43. The molecule has 2 N–H and O–H groups in total. The number of halogens is 8. The zero-order valence-corrected chi connectivity index (χ0v) is 21.0.